The molecule has 0 saturated carbocycles. The smallest absolute Gasteiger partial charge is 0.154 e. The van der Waals surface area contributed by atoms with E-state index in [1.165, 1.54) is 0 Å². The van der Waals surface area contributed by atoms with Gasteiger partial charge in [0.2, 0.25) is 0 Å². The van der Waals surface area contributed by atoms with E-state index in [2.05, 4.69) is 22.2 Å². The van der Waals surface area contributed by atoms with E-state index in [1.54, 1.807) is 19.6 Å². The van der Waals surface area contributed by atoms with Crippen molar-refractivity contribution in [2.24, 2.45) is 7.05 Å². The normalized spacial score (nSPS) is 12.9. The van der Waals surface area contributed by atoms with Crippen LogP contribution in [-0.4, -0.2) is 34.3 Å². The summed E-state index contributed by atoms with van der Waals surface area (Å²) in [5, 5.41) is 3.37. The number of hydrogen-bond donors (Lipinski definition) is 1. The average Bonchev–Trinajstić information content (AvgIpc) is 2.70. The molecule has 1 atom stereocenters. The van der Waals surface area contributed by atoms with Gasteiger partial charge in [-0.05, 0) is 19.4 Å². The highest BCUT2D eigenvalue weighted by Gasteiger charge is 2.09. The minimum atomic E-state index is 0.315. The Balaban J connectivity index is 2.18. The van der Waals surface area contributed by atoms with Crippen molar-refractivity contribution in [3.63, 3.8) is 0 Å². The molecule has 1 N–H and O–H groups in total. The van der Waals surface area contributed by atoms with E-state index in [9.17, 15) is 0 Å². The Bertz CT molecular complexity index is 494. The third-order valence-electron chi connectivity index (χ3n) is 2.78. The van der Waals surface area contributed by atoms with Crippen LogP contribution in [0.2, 0.25) is 0 Å². The lowest BCUT2D eigenvalue weighted by atomic mass is 10.2. The molecule has 0 aliphatic carbocycles. The van der Waals surface area contributed by atoms with Crippen LogP contribution in [0.4, 0.5) is 5.82 Å². The summed E-state index contributed by atoms with van der Waals surface area (Å²) in [6.45, 7) is 2.86. The molecule has 2 heterocycles. The van der Waals surface area contributed by atoms with Crippen LogP contribution in [0.15, 0.2) is 18.6 Å². The van der Waals surface area contributed by atoms with Crippen LogP contribution < -0.4 is 5.32 Å². The number of pyridine rings is 1. The lowest BCUT2D eigenvalue weighted by molar-refractivity contribution is 0.191. The van der Waals surface area contributed by atoms with E-state index in [0.29, 0.717) is 6.04 Å². The Labute approximate surface area is 101 Å². The van der Waals surface area contributed by atoms with Crippen molar-refractivity contribution in [3.8, 4) is 0 Å². The van der Waals surface area contributed by atoms with Gasteiger partial charge in [0.15, 0.2) is 5.82 Å². The Morgan fingerprint density at radius 2 is 2.29 bits per heavy atom. The number of imidazole rings is 1. The van der Waals surface area contributed by atoms with Gasteiger partial charge in [0.25, 0.3) is 0 Å². The molecular formula is C12H18N4O. The largest absolute Gasteiger partial charge is 0.385 e. The summed E-state index contributed by atoms with van der Waals surface area (Å²) in [6.07, 6.45) is 4.55. The Morgan fingerprint density at radius 1 is 1.47 bits per heavy atom. The number of ether oxygens (including phenoxy) is 1. The first-order valence-electron chi connectivity index (χ1n) is 5.74. The highest BCUT2D eigenvalue weighted by atomic mass is 16.5. The molecular weight excluding hydrogens is 216 g/mol. The first kappa shape index (κ1) is 11.9. The second-order valence-electron chi connectivity index (χ2n) is 4.21. The summed E-state index contributed by atoms with van der Waals surface area (Å²) >= 11 is 0. The summed E-state index contributed by atoms with van der Waals surface area (Å²) in [7, 11) is 3.69. The first-order chi connectivity index (χ1) is 8.22. The van der Waals surface area contributed by atoms with Crippen LogP contribution in [0.1, 0.15) is 13.3 Å². The quantitative estimate of drug-likeness (QED) is 0.857. The number of aryl methyl sites for hydroxylation is 1. The van der Waals surface area contributed by atoms with Crippen LogP contribution in [-0.2, 0) is 11.8 Å². The van der Waals surface area contributed by atoms with Gasteiger partial charge in [0, 0.05) is 33.0 Å². The summed E-state index contributed by atoms with van der Waals surface area (Å²) in [4.78, 5) is 8.70. The molecule has 0 aliphatic rings. The SMILES string of the molecule is COCCC(C)Nc1nccc2c1ncn2C. The van der Waals surface area contributed by atoms with E-state index in [0.717, 1.165) is 29.9 Å². The maximum absolute atomic E-state index is 5.06. The molecule has 0 spiro atoms. The van der Waals surface area contributed by atoms with Crippen molar-refractivity contribution in [3.05, 3.63) is 18.6 Å². The fourth-order valence-electron chi connectivity index (χ4n) is 1.77. The lowest BCUT2D eigenvalue weighted by Gasteiger charge is -2.14. The molecule has 17 heavy (non-hydrogen) atoms. The van der Waals surface area contributed by atoms with Gasteiger partial charge in [0.05, 0.1) is 11.8 Å². The number of nitrogens with zero attached hydrogens (tertiary/aromatic N) is 3. The van der Waals surface area contributed by atoms with Crippen molar-refractivity contribution < 1.29 is 4.74 Å². The van der Waals surface area contributed by atoms with Crippen molar-refractivity contribution in [2.75, 3.05) is 19.0 Å². The first-order valence-corrected chi connectivity index (χ1v) is 5.74. The third-order valence-corrected chi connectivity index (χ3v) is 2.78. The number of rotatable bonds is 5. The van der Waals surface area contributed by atoms with Crippen LogP contribution in [0, 0.1) is 0 Å². The van der Waals surface area contributed by atoms with Gasteiger partial charge in [-0.3, -0.25) is 0 Å². The summed E-state index contributed by atoms with van der Waals surface area (Å²) in [5.41, 5.74) is 2.00. The summed E-state index contributed by atoms with van der Waals surface area (Å²) < 4.78 is 7.05. The van der Waals surface area contributed by atoms with Crippen molar-refractivity contribution in [2.45, 2.75) is 19.4 Å². The van der Waals surface area contributed by atoms with Gasteiger partial charge in [-0.15, -0.1) is 0 Å². The van der Waals surface area contributed by atoms with Gasteiger partial charge in [-0.25, -0.2) is 9.97 Å². The third kappa shape index (κ3) is 2.55. The van der Waals surface area contributed by atoms with Gasteiger partial charge < -0.3 is 14.6 Å². The Morgan fingerprint density at radius 3 is 3.06 bits per heavy atom. The van der Waals surface area contributed by atoms with Crippen molar-refractivity contribution in [1.82, 2.24) is 14.5 Å². The molecule has 5 nitrogen and oxygen atoms in total. The average molecular weight is 234 g/mol. The molecule has 2 aromatic rings. The fraction of sp³-hybridized carbons (Fsp3) is 0.500. The molecule has 0 radical (unpaired) electrons. The monoisotopic (exact) mass is 234 g/mol. The van der Waals surface area contributed by atoms with E-state index >= 15 is 0 Å². The molecule has 0 bridgehead atoms. The molecule has 0 amide bonds. The summed E-state index contributed by atoms with van der Waals surface area (Å²) in [6, 6.07) is 2.28. The van der Waals surface area contributed by atoms with Crippen LogP contribution in [0.25, 0.3) is 11.0 Å². The minimum absolute atomic E-state index is 0.315. The van der Waals surface area contributed by atoms with E-state index in [1.807, 2.05) is 17.7 Å². The molecule has 0 saturated heterocycles. The Kier molecular flexibility index (Phi) is 3.58. The minimum Gasteiger partial charge on any atom is -0.385 e. The second kappa shape index (κ2) is 5.14. The molecule has 1 unspecified atom stereocenters. The van der Waals surface area contributed by atoms with Crippen molar-refractivity contribution >= 4 is 16.9 Å². The molecule has 92 valence electrons. The Hall–Kier alpha value is -1.62. The van der Waals surface area contributed by atoms with E-state index in [4.69, 9.17) is 4.74 Å². The molecule has 0 fully saturated rings. The summed E-state index contributed by atoms with van der Waals surface area (Å²) in [5.74, 6) is 0.840. The highest BCUT2D eigenvalue weighted by Crippen LogP contribution is 2.19. The molecule has 0 aliphatic heterocycles. The van der Waals surface area contributed by atoms with E-state index in [-0.39, 0.29) is 0 Å². The number of nitrogens with one attached hydrogen (secondary N) is 1. The zero-order chi connectivity index (χ0) is 12.3. The predicted octanol–water partition coefficient (Wildman–Crippen LogP) is 1.81. The zero-order valence-corrected chi connectivity index (χ0v) is 10.5. The van der Waals surface area contributed by atoms with Crippen LogP contribution in [0.5, 0.6) is 0 Å². The molecule has 0 aromatic carbocycles. The second-order valence-corrected chi connectivity index (χ2v) is 4.21. The van der Waals surface area contributed by atoms with Crippen LogP contribution >= 0.6 is 0 Å². The predicted molar refractivity (Wildman–Crippen MR) is 68.1 cm³/mol. The van der Waals surface area contributed by atoms with Gasteiger partial charge in [-0.1, -0.05) is 0 Å². The maximum Gasteiger partial charge on any atom is 0.154 e. The van der Waals surface area contributed by atoms with Crippen molar-refractivity contribution in [1.29, 1.82) is 0 Å². The number of methoxy groups -OCH3 is 1. The number of hydrogen-bond acceptors (Lipinski definition) is 4. The highest BCUT2D eigenvalue weighted by molar-refractivity contribution is 5.85. The maximum atomic E-state index is 5.06. The topological polar surface area (TPSA) is 52.0 Å². The lowest BCUT2D eigenvalue weighted by Crippen LogP contribution is -2.18. The standard InChI is InChI=1S/C12H18N4O/c1-9(5-7-17-3)15-12-11-10(4-6-13-12)16(2)8-14-11/h4,6,8-9H,5,7H2,1-3H3,(H,13,15). The zero-order valence-electron chi connectivity index (χ0n) is 10.5. The fourth-order valence-corrected chi connectivity index (χ4v) is 1.77. The van der Waals surface area contributed by atoms with E-state index < -0.39 is 0 Å². The van der Waals surface area contributed by atoms with Gasteiger partial charge >= 0.3 is 0 Å². The molecule has 5 heteroatoms. The molecule has 2 rings (SSSR count). The number of anilines is 1. The number of aromatic nitrogens is 3. The van der Waals surface area contributed by atoms with Gasteiger partial charge in [-0.2, -0.15) is 0 Å². The van der Waals surface area contributed by atoms with Crippen LogP contribution in [0.3, 0.4) is 0 Å². The molecule has 2 aromatic heterocycles. The number of fused-ring (bicyclic) bond motifs is 1. The van der Waals surface area contributed by atoms with Gasteiger partial charge in [0.1, 0.15) is 5.52 Å².